The lowest BCUT2D eigenvalue weighted by Crippen LogP contribution is -2.39. The van der Waals surface area contributed by atoms with Crippen molar-refractivity contribution < 1.29 is 8.42 Å². The highest BCUT2D eigenvalue weighted by Crippen LogP contribution is 2.17. The molecule has 2 N–H and O–H groups in total. The molecule has 6 heteroatoms. The first-order valence-corrected chi connectivity index (χ1v) is 8.63. The normalized spacial score (nSPS) is 17.1. The van der Waals surface area contributed by atoms with Crippen molar-refractivity contribution in [3.05, 3.63) is 29.8 Å². The highest BCUT2D eigenvalue weighted by atomic mass is 32.2. The van der Waals surface area contributed by atoms with Gasteiger partial charge in [0.2, 0.25) is 0 Å². The quantitative estimate of drug-likeness (QED) is 0.843. The molecule has 1 fully saturated rings. The smallest absolute Gasteiger partial charge is 0.301 e. The number of rotatable bonds is 6. The van der Waals surface area contributed by atoms with E-state index < -0.39 is 10.2 Å². The molecule has 1 aliphatic rings. The maximum absolute atomic E-state index is 12.3. The molecule has 0 aromatic heterocycles. The molecular formula is C14H23N3O2S. The number of nitrogens with zero attached hydrogens (tertiary/aromatic N) is 1. The van der Waals surface area contributed by atoms with Crippen LogP contribution in [0.3, 0.4) is 0 Å². The summed E-state index contributed by atoms with van der Waals surface area (Å²) in [4.78, 5) is 0. The molecule has 1 aliphatic heterocycles. The fourth-order valence-electron chi connectivity index (χ4n) is 2.33. The van der Waals surface area contributed by atoms with E-state index in [1.165, 1.54) is 4.31 Å². The zero-order valence-corrected chi connectivity index (χ0v) is 12.7. The number of benzene rings is 1. The highest BCUT2D eigenvalue weighted by molar-refractivity contribution is 7.90. The third-order valence-corrected chi connectivity index (χ3v) is 4.95. The largest absolute Gasteiger partial charge is 0.313 e. The first-order valence-electron chi connectivity index (χ1n) is 7.19. The lowest BCUT2D eigenvalue weighted by atomic mass is 10.2. The van der Waals surface area contributed by atoms with E-state index in [9.17, 15) is 8.42 Å². The Morgan fingerprint density at radius 1 is 1.20 bits per heavy atom. The molecule has 1 saturated heterocycles. The minimum absolute atomic E-state index is 0.617. The maximum atomic E-state index is 12.3. The van der Waals surface area contributed by atoms with Crippen LogP contribution in [0.15, 0.2) is 24.3 Å². The van der Waals surface area contributed by atoms with Crippen molar-refractivity contribution in [3.8, 4) is 0 Å². The molecule has 0 bridgehead atoms. The lowest BCUT2D eigenvalue weighted by Gasteiger charge is -2.26. The van der Waals surface area contributed by atoms with Crippen molar-refractivity contribution in [3.63, 3.8) is 0 Å². The number of hydrogen-bond donors (Lipinski definition) is 2. The van der Waals surface area contributed by atoms with Crippen molar-refractivity contribution in [2.75, 3.05) is 24.4 Å². The summed E-state index contributed by atoms with van der Waals surface area (Å²) in [5.41, 5.74) is 1.71. The molecule has 1 heterocycles. The Balaban J connectivity index is 2.04. The van der Waals surface area contributed by atoms with E-state index in [0.29, 0.717) is 18.8 Å². The van der Waals surface area contributed by atoms with Gasteiger partial charge in [-0.3, -0.25) is 4.72 Å². The maximum Gasteiger partial charge on any atom is 0.301 e. The summed E-state index contributed by atoms with van der Waals surface area (Å²) >= 11 is 0. The van der Waals surface area contributed by atoms with Crippen LogP contribution < -0.4 is 10.0 Å². The number of piperidine rings is 1. The SMILES string of the molecule is CCNCc1cccc(NS(=O)(=O)N2CCCCC2)c1. The standard InChI is InChI=1S/C14H23N3O2S/c1-2-15-12-13-7-6-8-14(11-13)16-20(18,19)17-9-4-3-5-10-17/h6-8,11,15-16H,2-5,9-10,12H2,1H3. The molecule has 0 radical (unpaired) electrons. The van der Waals surface area contributed by atoms with Crippen LogP contribution in [0.2, 0.25) is 0 Å². The van der Waals surface area contributed by atoms with E-state index in [0.717, 1.165) is 37.9 Å². The molecule has 1 aromatic carbocycles. The van der Waals surface area contributed by atoms with Gasteiger partial charge in [-0.25, -0.2) is 0 Å². The Morgan fingerprint density at radius 3 is 2.65 bits per heavy atom. The van der Waals surface area contributed by atoms with Gasteiger partial charge in [-0.15, -0.1) is 0 Å². The second-order valence-electron chi connectivity index (χ2n) is 5.05. The zero-order valence-electron chi connectivity index (χ0n) is 11.9. The summed E-state index contributed by atoms with van der Waals surface area (Å²) in [6, 6.07) is 7.53. The predicted octanol–water partition coefficient (Wildman–Crippen LogP) is 1.94. The van der Waals surface area contributed by atoms with Crippen molar-refractivity contribution in [1.29, 1.82) is 0 Å². The highest BCUT2D eigenvalue weighted by Gasteiger charge is 2.23. The topological polar surface area (TPSA) is 61.4 Å². The van der Waals surface area contributed by atoms with Crippen LogP contribution in [0.5, 0.6) is 0 Å². The molecule has 20 heavy (non-hydrogen) atoms. The molecule has 0 unspecified atom stereocenters. The van der Waals surface area contributed by atoms with E-state index in [4.69, 9.17) is 0 Å². The Labute approximate surface area is 121 Å². The molecule has 0 amide bonds. The summed E-state index contributed by atoms with van der Waals surface area (Å²) in [7, 11) is -3.41. The van der Waals surface area contributed by atoms with Gasteiger partial charge in [0.15, 0.2) is 0 Å². The van der Waals surface area contributed by atoms with Crippen molar-refractivity contribution >= 4 is 15.9 Å². The van der Waals surface area contributed by atoms with Crippen LogP contribution in [-0.4, -0.2) is 32.4 Å². The monoisotopic (exact) mass is 297 g/mol. The van der Waals surface area contributed by atoms with E-state index >= 15 is 0 Å². The zero-order chi connectivity index (χ0) is 14.4. The molecule has 5 nitrogen and oxygen atoms in total. The van der Waals surface area contributed by atoms with Crippen LogP contribution in [0.1, 0.15) is 31.7 Å². The third kappa shape index (κ3) is 4.19. The van der Waals surface area contributed by atoms with Gasteiger partial charge >= 0.3 is 10.2 Å². The second-order valence-corrected chi connectivity index (χ2v) is 6.72. The number of anilines is 1. The molecule has 1 aromatic rings. The summed E-state index contributed by atoms with van der Waals surface area (Å²) in [6.07, 6.45) is 3.01. The van der Waals surface area contributed by atoms with E-state index in [1.807, 2.05) is 25.1 Å². The van der Waals surface area contributed by atoms with Crippen LogP contribution in [-0.2, 0) is 16.8 Å². The Bertz CT molecular complexity index is 525. The third-order valence-electron chi connectivity index (χ3n) is 3.41. The van der Waals surface area contributed by atoms with Gasteiger partial charge in [0.05, 0.1) is 5.69 Å². The number of nitrogens with one attached hydrogen (secondary N) is 2. The van der Waals surface area contributed by atoms with Crippen LogP contribution in [0.4, 0.5) is 5.69 Å². The summed E-state index contributed by atoms with van der Waals surface area (Å²) in [6.45, 7) is 4.92. The molecular weight excluding hydrogens is 274 g/mol. The predicted molar refractivity (Wildman–Crippen MR) is 81.8 cm³/mol. The molecule has 0 spiro atoms. The van der Waals surface area contributed by atoms with Gasteiger partial charge in [0, 0.05) is 19.6 Å². The minimum atomic E-state index is -3.41. The van der Waals surface area contributed by atoms with Crippen molar-refractivity contribution in [2.45, 2.75) is 32.7 Å². The van der Waals surface area contributed by atoms with Gasteiger partial charge in [-0.1, -0.05) is 25.5 Å². The Morgan fingerprint density at radius 2 is 1.95 bits per heavy atom. The van der Waals surface area contributed by atoms with Gasteiger partial charge < -0.3 is 5.32 Å². The average molecular weight is 297 g/mol. The van der Waals surface area contributed by atoms with Crippen molar-refractivity contribution in [2.24, 2.45) is 0 Å². The van der Waals surface area contributed by atoms with Gasteiger partial charge in [-0.05, 0) is 37.1 Å². The molecule has 2 rings (SSSR count). The van der Waals surface area contributed by atoms with Gasteiger partial charge in [0.25, 0.3) is 0 Å². The first kappa shape index (κ1) is 15.3. The van der Waals surface area contributed by atoms with Crippen molar-refractivity contribution in [1.82, 2.24) is 9.62 Å². The van der Waals surface area contributed by atoms with Gasteiger partial charge in [-0.2, -0.15) is 12.7 Å². The second kappa shape index (κ2) is 7.06. The van der Waals surface area contributed by atoms with E-state index in [2.05, 4.69) is 10.0 Å². The fraction of sp³-hybridized carbons (Fsp3) is 0.571. The van der Waals surface area contributed by atoms with Crippen LogP contribution in [0.25, 0.3) is 0 Å². The van der Waals surface area contributed by atoms with Gasteiger partial charge in [0.1, 0.15) is 0 Å². The summed E-state index contributed by atoms with van der Waals surface area (Å²) in [5.74, 6) is 0. The molecule has 0 saturated carbocycles. The molecule has 0 aliphatic carbocycles. The van der Waals surface area contributed by atoms with E-state index in [-0.39, 0.29) is 0 Å². The molecule has 112 valence electrons. The molecule has 0 atom stereocenters. The van der Waals surface area contributed by atoms with Crippen LogP contribution >= 0.6 is 0 Å². The Hall–Kier alpha value is -1.11. The number of hydrogen-bond acceptors (Lipinski definition) is 3. The minimum Gasteiger partial charge on any atom is -0.313 e. The summed E-state index contributed by atoms with van der Waals surface area (Å²) in [5, 5.41) is 3.23. The van der Waals surface area contributed by atoms with Crippen LogP contribution in [0, 0.1) is 0 Å². The first-order chi connectivity index (χ1) is 9.62. The average Bonchev–Trinajstić information content (AvgIpc) is 2.46. The summed E-state index contributed by atoms with van der Waals surface area (Å²) < 4.78 is 28.8. The lowest BCUT2D eigenvalue weighted by molar-refractivity contribution is 0.349. The fourth-order valence-corrected chi connectivity index (χ4v) is 3.63. The van der Waals surface area contributed by atoms with E-state index in [1.54, 1.807) is 6.07 Å². The Kier molecular flexibility index (Phi) is 5.39.